The molecule has 0 spiro atoms. The van der Waals surface area contributed by atoms with Gasteiger partial charge in [-0.2, -0.15) is 11.8 Å². The van der Waals surface area contributed by atoms with Crippen LogP contribution >= 0.6 is 11.8 Å². The van der Waals surface area contributed by atoms with E-state index in [2.05, 4.69) is 5.32 Å². The molecule has 0 fully saturated rings. The van der Waals surface area contributed by atoms with Gasteiger partial charge < -0.3 is 14.6 Å². The Morgan fingerprint density at radius 2 is 2.20 bits per heavy atom. The van der Waals surface area contributed by atoms with E-state index in [0.717, 1.165) is 0 Å². The maximum Gasteiger partial charge on any atom is 0.551 e. The molecule has 20 heavy (non-hydrogen) atoms. The summed E-state index contributed by atoms with van der Waals surface area (Å²) in [6.45, 7) is 6.11. The van der Waals surface area contributed by atoms with Gasteiger partial charge >= 0.3 is 7.12 Å². The molecule has 0 radical (unpaired) electrons. The highest BCUT2D eigenvalue weighted by Crippen LogP contribution is 2.09. The van der Waals surface area contributed by atoms with Crippen LogP contribution in [0.25, 0.3) is 0 Å². The SMILES string of the molecule is CC.CCC(=O)OB1OCC=CC[C@@H]1NC(=O)CSC.[HH]. The number of nitrogens with one attached hydrogen (secondary N) is 1. The second kappa shape index (κ2) is 11.8. The van der Waals surface area contributed by atoms with Crippen LogP contribution in [0.2, 0.25) is 0 Å². The number of amides is 1. The van der Waals surface area contributed by atoms with Crippen LogP contribution in [-0.2, 0) is 18.9 Å². The molecule has 0 saturated heterocycles. The van der Waals surface area contributed by atoms with Gasteiger partial charge in [0.15, 0.2) is 0 Å². The number of rotatable bonds is 5. The second-order valence-corrected chi connectivity index (χ2v) is 4.73. The lowest BCUT2D eigenvalue weighted by Gasteiger charge is -2.21. The van der Waals surface area contributed by atoms with Crippen LogP contribution in [-0.4, -0.2) is 43.6 Å². The Morgan fingerprint density at radius 1 is 1.50 bits per heavy atom. The van der Waals surface area contributed by atoms with Crippen molar-refractivity contribution < 1.29 is 20.3 Å². The van der Waals surface area contributed by atoms with Crippen molar-refractivity contribution in [2.24, 2.45) is 0 Å². The number of hydrogen-bond acceptors (Lipinski definition) is 5. The van der Waals surface area contributed by atoms with Crippen molar-refractivity contribution in [3.05, 3.63) is 12.2 Å². The van der Waals surface area contributed by atoms with Gasteiger partial charge in [-0.05, 0) is 12.7 Å². The third-order valence-electron chi connectivity index (χ3n) is 2.40. The lowest BCUT2D eigenvalue weighted by molar-refractivity contribution is -0.136. The first-order valence-electron chi connectivity index (χ1n) is 6.91. The van der Waals surface area contributed by atoms with E-state index >= 15 is 0 Å². The van der Waals surface area contributed by atoms with E-state index in [4.69, 9.17) is 9.31 Å². The van der Waals surface area contributed by atoms with Crippen molar-refractivity contribution in [2.75, 3.05) is 18.6 Å². The summed E-state index contributed by atoms with van der Waals surface area (Å²) in [5.74, 6) is -0.344. The Morgan fingerprint density at radius 3 is 2.80 bits per heavy atom. The third-order valence-corrected chi connectivity index (χ3v) is 2.95. The Bertz CT molecular complexity index is 331. The van der Waals surface area contributed by atoms with E-state index in [0.29, 0.717) is 25.2 Å². The summed E-state index contributed by atoms with van der Waals surface area (Å²) in [6.07, 6.45) is 6.52. The normalized spacial score (nSPS) is 17.6. The average molecular weight is 303 g/mol. The zero-order valence-electron chi connectivity index (χ0n) is 12.7. The maximum atomic E-state index is 11.6. The molecule has 0 aromatic heterocycles. The predicted molar refractivity (Wildman–Crippen MR) is 85.6 cm³/mol. The summed E-state index contributed by atoms with van der Waals surface area (Å²) < 4.78 is 10.6. The van der Waals surface area contributed by atoms with Gasteiger partial charge in [-0.25, -0.2) is 0 Å². The quantitative estimate of drug-likeness (QED) is 0.622. The van der Waals surface area contributed by atoms with Crippen LogP contribution < -0.4 is 5.32 Å². The molecular formula is C13H26BNO4S. The maximum absolute atomic E-state index is 11.6. The summed E-state index contributed by atoms with van der Waals surface area (Å²) in [5, 5.41) is 2.83. The number of carbonyl (C=O) groups excluding carboxylic acids is 2. The van der Waals surface area contributed by atoms with Gasteiger partial charge in [-0.3, -0.25) is 9.59 Å². The molecule has 1 heterocycles. The molecule has 0 aliphatic carbocycles. The van der Waals surface area contributed by atoms with Crippen LogP contribution in [0.1, 0.15) is 35.0 Å². The zero-order chi connectivity index (χ0) is 15.4. The summed E-state index contributed by atoms with van der Waals surface area (Å²) >= 11 is 1.44. The average Bonchev–Trinajstić information content (AvgIpc) is 2.67. The molecule has 1 aliphatic rings. The topological polar surface area (TPSA) is 64.6 Å². The van der Waals surface area contributed by atoms with Crippen molar-refractivity contribution >= 4 is 30.8 Å². The molecular weight excluding hydrogens is 277 g/mol. The fourth-order valence-electron chi connectivity index (χ4n) is 1.52. The minimum absolute atomic E-state index is 0. The largest absolute Gasteiger partial charge is 0.551 e. The fraction of sp³-hybridized carbons (Fsp3) is 0.692. The molecule has 116 valence electrons. The Balaban J connectivity index is 0. The Hall–Kier alpha value is -0.945. The first-order valence-corrected chi connectivity index (χ1v) is 8.31. The van der Waals surface area contributed by atoms with Gasteiger partial charge in [0.05, 0.1) is 18.3 Å². The summed E-state index contributed by atoms with van der Waals surface area (Å²) in [6, 6.07) is 0. The Kier molecular flexibility index (Phi) is 11.3. The van der Waals surface area contributed by atoms with Gasteiger partial charge in [0, 0.05) is 7.85 Å². The molecule has 0 bridgehead atoms. The molecule has 0 unspecified atom stereocenters. The number of hydrogen-bond donors (Lipinski definition) is 1. The van der Waals surface area contributed by atoms with E-state index in [9.17, 15) is 9.59 Å². The minimum Gasteiger partial charge on any atom is -0.508 e. The highest BCUT2D eigenvalue weighted by Gasteiger charge is 2.35. The predicted octanol–water partition coefficient (Wildman–Crippen LogP) is 2.06. The molecule has 0 aromatic rings. The van der Waals surface area contributed by atoms with Crippen molar-refractivity contribution in [1.82, 2.24) is 5.32 Å². The molecule has 1 aliphatic heterocycles. The van der Waals surface area contributed by atoms with Gasteiger partial charge in [0.25, 0.3) is 5.97 Å². The molecule has 1 rings (SSSR count). The monoisotopic (exact) mass is 303 g/mol. The molecule has 0 saturated carbocycles. The lowest BCUT2D eigenvalue weighted by Crippen LogP contribution is -2.50. The summed E-state index contributed by atoms with van der Waals surface area (Å²) in [5.41, 5.74) is 0. The highest BCUT2D eigenvalue weighted by molar-refractivity contribution is 7.99. The van der Waals surface area contributed by atoms with E-state index in [1.165, 1.54) is 11.8 Å². The smallest absolute Gasteiger partial charge is 0.508 e. The second-order valence-electron chi connectivity index (χ2n) is 3.86. The van der Waals surface area contributed by atoms with Crippen LogP contribution in [0.4, 0.5) is 0 Å². The lowest BCUT2D eigenvalue weighted by atomic mass is 9.76. The summed E-state index contributed by atoms with van der Waals surface area (Å²) in [4.78, 5) is 22.9. The first-order chi connectivity index (χ1) is 9.67. The minimum atomic E-state index is -0.710. The molecule has 5 nitrogen and oxygen atoms in total. The van der Waals surface area contributed by atoms with E-state index in [1.807, 2.05) is 32.3 Å². The van der Waals surface area contributed by atoms with Crippen molar-refractivity contribution in [1.29, 1.82) is 0 Å². The third kappa shape index (κ3) is 7.60. The van der Waals surface area contributed by atoms with E-state index in [-0.39, 0.29) is 19.2 Å². The van der Waals surface area contributed by atoms with Crippen molar-refractivity contribution in [3.63, 3.8) is 0 Å². The standard InChI is InChI=1S/C11H18BNO4S.C2H6.H2/c1-3-11(15)17-12-9(6-4-5-7-16-12)13-10(14)8-18-2;1-2;/h4-5,9H,3,6-8H2,1-2H3,(H,13,14);1-2H3;1H/t9-;;/m0../s1. The van der Waals surface area contributed by atoms with Crippen LogP contribution in [0.5, 0.6) is 0 Å². The molecule has 1 amide bonds. The van der Waals surface area contributed by atoms with Crippen LogP contribution in [0.15, 0.2) is 12.2 Å². The number of thioether (sulfide) groups is 1. The van der Waals surface area contributed by atoms with Gasteiger partial charge in [-0.1, -0.05) is 32.9 Å². The molecule has 1 N–H and O–H groups in total. The summed E-state index contributed by atoms with van der Waals surface area (Å²) in [7, 11) is -0.710. The van der Waals surface area contributed by atoms with Gasteiger partial charge in [0.1, 0.15) is 0 Å². The molecule has 7 heteroatoms. The van der Waals surface area contributed by atoms with Crippen molar-refractivity contribution in [2.45, 2.75) is 39.6 Å². The van der Waals surface area contributed by atoms with Crippen LogP contribution in [0.3, 0.4) is 0 Å². The van der Waals surface area contributed by atoms with Crippen LogP contribution in [0, 0.1) is 0 Å². The highest BCUT2D eigenvalue weighted by atomic mass is 32.2. The van der Waals surface area contributed by atoms with Crippen molar-refractivity contribution in [3.8, 4) is 0 Å². The number of carbonyl (C=O) groups is 2. The van der Waals surface area contributed by atoms with Gasteiger partial charge in [-0.15, -0.1) is 0 Å². The molecule has 0 aromatic carbocycles. The fourth-order valence-corrected chi connectivity index (χ4v) is 1.87. The molecule has 1 atom stereocenters. The van der Waals surface area contributed by atoms with Gasteiger partial charge in [0.2, 0.25) is 5.91 Å². The zero-order valence-corrected chi connectivity index (χ0v) is 13.5. The van der Waals surface area contributed by atoms with E-state index in [1.54, 1.807) is 6.92 Å². The van der Waals surface area contributed by atoms with E-state index < -0.39 is 7.12 Å². The Labute approximate surface area is 127 Å². The first kappa shape index (κ1) is 19.1.